The standard InChI is InChI=1S/C12H24N2O3/c1-8(2)17-10(15)7-13-9(3)11(16)14-12(4,5)6/h8-9,13H,7H2,1-6H3,(H,14,16). The molecule has 1 unspecified atom stereocenters. The SMILES string of the molecule is CC(C)OC(=O)CNC(C)C(=O)NC(C)(C)C. The van der Waals surface area contributed by atoms with Gasteiger partial charge in [0.25, 0.3) is 0 Å². The van der Waals surface area contributed by atoms with Crippen LogP contribution in [0.1, 0.15) is 41.5 Å². The van der Waals surface area contributed by atoms with Crippen molar-refractivity contribution in [2.24, 2.45) is 0 Å². The zero-order valence-corrected chi connectivity index (χ0v) is 11.6. The van der Waals surface area contributed by atoms with Crippen LogP contribution in [0.5, 0.6) is 0 Å². The third kappa shape index (κ3) is 8.68. The van der Waals surface area contributed by atoms with E-state index in [1.165, 1.54) is 0 Å². The van der Waals surface area contributed by atoms with E-state index in [0.29, 0.717) is 0 Å². The molecule has 0 heterocycles. The first-order valence-electron chi connectivity index (χ1n) is 5.86. The molecule has 17 heavy (non-hydrogen) atoms. The second kappa shape index (κ2) is 6.59. The molecule has 5 nitrogen and oxygen atoms in total. The van der Waals surface area contributed by atoms with Crippen molar-refractivity contribution in [2.75, 3.05) is 6.54 Å². The van der Waals surface area contributed by atoms with Gasteiger partial charge >= 0.3 is 5.97 Å². The fourth-order valence-electron chi connectivity index (χ4n) is 1.11. The first kappa shape index (κ1) is 15.9. The van der Waals surface area contributed by atoms with Gasteiger partial charge < -0.3 is 10.1 Å². The second-order valence-electron chi connectivity index (χ2n) is 5.38. The lowest BCUT2D eigenvalue weighted by Crippen LogP contribution is -2.50. The number of esters is 1. The fourth-order valence-corrected chi connectivity index (χ4v) is 1.11. The predicted octanol–water partition coefficient (Wildman–Crippen LogP) is 0.831. The maximum Gasteiger partial charge on any atom is 0.320 e. The third-order valence-electron chi connectivity index (χ3n) is 1.81. The molecule has 2 N–H and O–H groups in total. The molecule has 0 aliphatic carbocycles. The van der Waals surface area contributed by atoms with Gasteiger partial charge in [0, 0.05) is 5.54 Å². The monoisotopic (exact) mass is 244 g/mol. The Kier molecular flexibility index (Phi) is 6.16. The normalized spacial score (nSPS) is 13.4. The van der Waals surface area contributed by atoms with Crippen molar-refractivity contribution in [3.63, 3.8) is 0 Å². The smallest absolute Gasteiger partial charge is 0.320 e. The van der Waals surface area contributed by atoms with Gasteiger partial charge in [0.05, 0.1) is 18.7 Å². The minimum atomic E-state index is -0.422. The number of carbonyl (C=O) groups excluding carboxylic acids is 2. The molecule has 5 heteroatoms. The average molecular weight is 244 g/mol. The number of amides is 1. The lowest BCUT2D eigenvalue weighted by atomic mass is 10.1. The summed E-state index contributed by atoms with van der Waals surface area (Å²) in [6.07, 6.45) is -0.136. The first-order valence-corrected chi connectivity index (χ1v) is 5.86. The van der Waals surface area contributed by atoms with E-state index in [9.17, 15) is 9.59 Å². The van der Waals surface area contributed by atoms with E-state index in [4.69, 9.17) is 4.74 Å². The van der Waals surface area contributed by atoms with Crippen molar-refractivity contribution in [3.8, 4) is 0 Å². The Morgan fingerprint density at radius 1 is 1.18 bits per heavy atom. The molecule has 0 saturated heterocycles. The number of rotatable bonds is 5. The summed E-state index contributed by atoms with van der Waals surface area (Å²) in [5.74, 6) is -0.481. The summed E-state index contributed by atoms with van der Waals surface area (Å²) in [7, 11) is 0. The first-order chi connectivity index (χ1) is 7.61. The molecule has 0 aliphatic rings. The van der Waals surface area contributed by atoms with E-state index in [0.717, 1.165) is 0 Å². The number of ether oxygens (including phenoxy) is 1. The summed E-state index contributed by atoms with van der Waals surface area (Å²) in [5.41, 5.74) is -0.272. The van der Waals surface area contributed by atoms with Gasteiger partial charge in [-0.1, -0.05) is 0 Å². The summed E-state index contributed by atoms with van der Waals surface area (Å²) < 4.78 is 4.95. The number of hydrogen-bond donors (Lipinski definition) is 2. The molecule has 0 bridgehead atoms. The molecule has 1 amide bonds. The van der Waals surface area contributed by atoms with Crippen LogP contribution in [0.15, 0.2) is 0 Å². The van der Waals surface area contributed by atoms with Crippen molar-refractivity contribution in [2.45, 2.75) is 59.2 Å². The number of carbonyl (C=O) groups is 2. The molecule has 0 aliphatic heterocycles. The molecule has 0 aromatic heterocycles. The molecule has 100 valence electrons. The summed E-state index contributed by atoms with van der Waals surface area (Å²) >= 11 is 0. The summed E-state index contributed by atoms with van der Waals surface area (Å²) in [6.45, 7) is 11.0. The molecule has 0 rings (SSSR count). The highest BCUT2D eigenvalue weighted by molar-refractivity contribution is 5.82. The van der Waals surface area contributed by atoms with Crippen molar-refractivity contribution in [3.05, 3.63) is 0 Å². The van der Waals surface area contributed by atoms with Crippen LogP contribution in [0.3, 0.4) is 0 Å². The van der Waals surface area contributed by atoms with Crippen LogP contribution >= 0.6 is 0 Å². The van der Waals surface area contributed by atoms with Crippen LogP contribution in [0, 0.1) is 0 Å². The van der Waals surface area contributed by atoms with E-state index in [1.54, 1.807) is 20.8 Å². The lowest BCUT2D eigenvalue weighted by molar-refractivity contribution is -0.146. The highest BCUT2D eigenvalue weighted by Crippen LogP contribution is 1.99. The van der Waals surface area contributed by atoms with E-state index in [-0.39, 0.29) is 30.1 Å². The predicted molar refractivity (Wildman–Crippen MR) is 66.6 cm³/mol. The van der Waals surface area contributed by atoms with Crippen LogP contribution in [-0.4, -0.2) is 36.1 Å². The largest absolute Gasteiger partial charge is 0.462 e. The van der Waals surface area contributed by atoms with Crippen molar-refractivity contribution in [1.82, 2.24) is 10.6 Å². The van der Waals surface area contributed by atoms with Gasteiger partial charge in [-0.25, -0.2) is 0 Å². The molecule has 0 saturated carbocycles. The van der Waals surface area contributed by atoms with Crippen LogP contribution in [-0.2, 0) is 14.3 Å². The third-order valence-corrected chi connectivity index (χ3v) is 1.81. The maximum atomic E-state index is 11.7. The van der Waals surface area contributed by atoms with Gasteiger partial charge in [-0.3, -0.25) is 14.9 Å². The van der Waals surface area contributed by atoms with Gasteiger partial charge in [-0.15, -0.1) is 0 Å². The van der Waals surface area contributed by atoms with E-state index >= 15 is 0 Å². The molecule has 0 spiro atoms. The molecular formula is C12H24N2O3. The second-order valence-corrected chi connectivity index (χ2v) is 5.38. The lowest BCUT2D eigenvalue weighted by Gasteiger charge is -2.23. The molecule has 0 aromatic rings. The zero-order chi connectivity index (χ0) is 13.6. The Labute approximate surface area is 103 Å². The van der Waals surface area contributed by atoms with Gasteiger partial charge in [0.2, 0.25) is 5.91 Å². The van der Waals surface area contributed by atoms with Gasteiger partial charge in [0.1, 0.15) is 0 Å². The Balaban J connectivity index is 3.98. The zero-order valence-electron chi connectivity index (χ0n) is 11.6. The Bertz CT molecular complexity index is 269. The van der Waals surface area contributed by atoms with Crippen molar-refractivity contribution < 1.29 is 14.3 Å². The summed E-state index contributed by atoms with van der Waals surface area (Å²) in [4.78, 5) is 22.9. The van der Waals surface area contributed by atoms with Crippen molar-refractivity contribution >= 4 is 11.9 Å². The molecule has 0 fully saturated rings. The molecular weight excluding hydrogens is 220 g/mol. The van der Waals surface area contributed by atoms with Gasteiger partial charge in [-0.05, 0) is 41.5 Å². The van der Waals surface area contributed by atoms with Gasteiger partial charge in [0.15, 0.2) is 0 Å². The highest BCUT2D eigenvalue weighted by Gasteiger charge is 2.19. The maximum absolute atomic E-state index is 11.7. The van der Waals surface area contributed by atoms with E-state index in [1.807, 2.05) is 20.8 Å². The highest BCUT2D eigenvalue weighted by atomic mass is 16.5. The number of nitrogens with one attached hydrogen (secondary N) is 2. The Hall–Kier alpha value is -1.10. The van der Waals surface area contributed by atoms with Crippen LogP contribution < -0.4 is 10.6 Å². The molecule has 1 atom stereocenters. The van der Waals surface area contributed by atoms with Crippen molar-refractivity contribution in [1.29, 1.82) is 0 Å². The Morgan fingerprint density at radius 3 is 2.12 bits per heavy atom. The minimum absolute atomic E-state index is 0.0386. The van der Waals surface area contributed by atoms with Crippen LogP contribution in [0.25, 0.3) is 0 Å². The topological polar surface area (TPSA) is 67.4 Å². The quantitative estimate of drug-likeness (QED) is 0.703. The summed E-state index contributed by atoms with van der Waals surface area (Å²) in [6, 6.07) is -0.422. The van der Waals surface area contributed by atoms with Gasteiger partial charge in [-0.2, -0.15) is 0 Å². The summed E-state index contributed by atoms with van der Waals surface area (Å²) in [5, 5.41) is 5.65. The molecule has 0 aromatic carbocycles. The van der Waals surface area contributed by atoms with Crippen LogP contribution in [0.2, 0.25) is 0 Å². The fraction of sp³-hybridized carbons (Fsp3) is 0.833. The van der Waals surface area contributed by atoms with E-state index < -0.39 is 6.04 Å². The number of hydrogen-bond acceptors (Lipinski definition) is 4. The Morgan fingerprint density at radius 2 is 1.71 bits per heavy atom. The molecule has 0 radical (unpaired) electrons. The minimum Gasteiger partial charge on any atom is -0.462 e. The van der Waals surface area contributed by atoms with E-state index in [2.05, 4.69) is 10.6 Å². The van der Waals surface area contributed by atoms with Crippen LogP contribution in [0.4, 0.5) is 0 Å². The average Bonchev–Trinajstić information content (AvgIpc) is 2.10.